The van der Waals surface area contributed by atoms with E-state index in [0.29, 0.717) is 6.04 Å². The van der Waals surface area contributed by atoms with Gasteiger partial charge in [0.15, 0.2) is 8.32 Å². The molecule has 3 rings (SSSR count). The first-order valence-electron chi connectivity index (χ1n) is 10.2. The molecular weight excluding hydrogens is 346 g/mol. The predicted molar refractivity (Wildman–Crippen MR) is 118 cm³/mol. The zero-order valence-electron chi connectivity index (χ0n) is 18.1. The lowest BCUT2D eigenvalue weighted by molar-refractivity contribution is 0.0637. The molecule has 1 aliphatic rings. The van der Waals surface area contributed by atoms with Crippen LogP contribution in [0.2, 0.25) is 19.6 Å². The normalized spacial score (nSPS) is 18.1. The summed E-state index contributed by atoms with van der Waals surface area (Å²) in [5.74, 6) is 0. The highest BCUT2D eigenvalue weighted by Gasteiger charge is 2.47. The van der Waals surface area contributed by atoms with Crippen LogP contribution in [0.4, 0.5) is 0 Å². The third-order valence-electron chi connectivity index (χ3n) is 5.32. The van der Waals surface area contributed by atoms with Crippen LogP contribution in [0.1, 0.15) is 46.2 Å². The first-order chi connectivity index (χ1) is 12.6. The monoisotopic (exact) mass is 381 g/mol. The highest BCUT2D eigenvalue weighted by atomic mass is 28.4. The fraction of sp³-hybridized carbons (Fsp3) is 0.500. The molecule has 3 heteroatoms. The Balaban J connectivity index is 2.33. The maximum atomic E-state index is 7.18. The molecule has 0 bridgehead atoms. The lowest BCUT2D eigenvalue weighted by Gasteiger charge is -2.45. The minimum atomic E-state index is -1.84. The fourth-order valence-corrected chi connectivity index (χ4v) is 5.99. The van der Waals surface area contributed by atoms with Crippen LogP contribution in [0, 0.1) is 27.7 Å². The van der Waals surface area contributed by atoms with E-state index in [1.54, 1.807) is 0 Å². The van der Waals surface area contributed by atoms with Gasteiger partial charge in [0.1, 0.15) is 5.60 Å². The highest BCUT2D eigenvalue weighted by Crippen LogP contribution is 2.43. The third-order valence-corrected chi connectivity index (χ3v) is 6.25. The second kappa shape index (κ2) is 7.54. The summed E-state index contributed by atoms with van der Waals surface area (Å²) in [5, 5.41) is 3.79. The van der Waals surface area contributed by atoms with Crippen molar-refractivity contribution in [3.8, 4) is 0 Å². The van der Waals surface area contributed by atoms with Gasteiger partial charge in [0, 0.05) is 6.04 Å². The van der Waals surface area contributed by atoms with Crippen LogP contribution in [-0.2, 0) is 10.0 Å². The molecule has 2 aromatic carbocycles. The van der Waals surface area contributed by atoms with E-state index in [1.807, 2.05) is 0 Å². The van der Waals surface area contributed by atoms with Gasteiger partial charge in [-0.15, -0.1) is 0 Å². The van der Waals surface area contributed by atoms with Crippen molar-refractivity contribution in [3.63, 3.8) is 0 Å². The second-order valence-electron chi connectivity index (χ2n) is 9.35. The van der Waals surface area contributed by atoms with Crippen LogP contribution in [0.15, 0.2) is 36.4 Å². The van der Waals surface area contributed by atoms with E-state index in [9.17, 15) is 0 Å². The van der Waals surface area contributed by atoms with Gasteiger partial charge in [0.05, 0.1) is 0 Å². The minimum Gasteiger partial charge on any atom is -0.403 e. The molecule has 0 radical (unpaired) electrons. The molecule has 0 spiro atoms. The van der Waals surface area contributed by atoms with E-state index in [1.165, 1.54) is 39.8 Å². The molecule has 2 nitrogen and oxygen atoms in total. The minimum absolute atomic E-state index is 0.298. The SMILES string of the molecule is Cc1cc(C)cc(C(O[Si](C)(C)C)(c2cc(C)cc(C)c2)[C@H]2CCCN2)c1. The van der Waals surface area contributed by atoms with Gasteiger partial charge in [-0.25, -0.2) is 0 Å². The Morgan fingerprint density at radius 2 is 1.26 bits per heavy atom. The molecule has 0 unspecified atom stereocenters. The van der Waals surface area contributed by atoms with E-state index in [4.69, 9.17) is 4.43 Å². The van der Waals surface area contributed by atoms with Crippen LogP contribution in [-0.4, -0.2) is 20.9 Å². The van der Waals surface area contributed by atoms with E-state index in [2.05, 4.69) is 89.1 Å². The van der Waals surface area contributed by atoms with Crippen molar-refractivity contribution in [3.05, 3.63) is 69.8 Å². The Hall–Kier alpha value is -1.42. The summed E-state index contributed by atoms with van der Waals surface area (Å²) in [7, 11) is -1.84. The zero-order valence-corrected chi connectivity index (χ0v) is 19.1. The number of hydrogen-bond acceptors (Lipinski definition) is 2. The maximum Gasteiger partial charge on any atom is 0.185 e. The molecule has 1 heterocycles. The van der Waals surface area contributed by atoms with Crippen LogP contribution < -0.4 is 5.32 Å². The molecule has 2 aromatic rings. The Kier molecular flexibility index (Phi) is 5.67. The summed E-state index contributed by atoms with van der Waals surface area (Å²) in [6, 6.07) is 14.2. The van der Waals surface area contributed by atoms with Crippen LogP contribution in [0.3, 0.4) is 0 Å². The highest BCUT2D eigenvalue weighted by molar-refractivity contribution is 6.69. The van der Waals surface area contributed by atoms with E-state index >= 15 is 0 Å². The molecule has 1 aliphatic heterocycles. The molecule has 146 valence electrons. The van der Waals surface area contributed by atoms with Crippen molar-refractivity contribution in [2.24, 2.45) is 0 Å². The molecule has 0 amide bonds. The Labute approximate surface area is 166 Å². The Morgan fingerprint density at radius 1 is 0.815 bits per heavy atom. The topological polar surface area (TPSA) is 21.3 Å². The number of hydrogen-bond donors (Lipinski definition) is 1. The van der Waals surface area contributed by atoms with Gasteiger partial charge in [-0.1, -0.05) is 58.7 Å². The van der Waals surface area contributed by atoms with E-state index in [0.717, 1.165) is 13.0 Å². The Morgan fingerprint density at radius 3 is 1.59 bits per heavy atom. The van der Waals surface area contributed by atoms with E-state index in [-0.39, 0.29) is 0 Å². The van der Waals surface area contributed by atoms with Gasteiger partial charge in [-0.05, 0) is 77.8 Å². The van der Waals surface area contributed by atoms with Crippen molar-refractivity contribution < 1.29 is 4.43 Å². The number of aryl methyl sites for hydroxylation is 4. The van der Waals surface area contributed by atoms with Gasteiger partial charge in [0.25, 0.3) is 0 Å². The average molecular weight is 382 g/mol. The summed E-state index contributed by atoms with van der Waals surface area (Å²) in [6.45, 7) is 16.8. The molecule has 1 fully saturated rings. The molecule has 1 atom stereocenters. The number of nitrogens with one attached hydrogen (secondary N) is 1. The molecular formula is C24H35NOSi. The summed E-state index contributed by atoms with van der Waals surface area (Å²) < 4.78 is 7.18. The molecule has 0 aliphatic carbocycles. The molecule has 1 N–H and O–H groups in total. The lowest BCUT2D eigenvalue weighted by Crippen LogP contribution is -2.53. The maximum absolute atomic E-state index is 7.18. The first kappa shape index (κ1) is 20.3. The smallest absolute Gasteiger partial charge is 0.185 e. The molecule has 27 heavy (non-hydrogen) atoms. The number of rotatable bonds is 5. The third kappa shape index (κ3) is 4.36. The summed E-state index contributed by atoms with van der Waals surface area (Å²) in [5.41, 5.74) is 7.37. The summed E-state index contributed by atoms with van der Waals surface area (Å²) >= 11 is 0. The van der Waals surface area contributed by atoms with Gasteiger partial charge < -0.3 is 9.74 Å². The van der Waals surface area contributed by atoms with Gasteiger partial charge in [-0.3, -0.25) is 0 Å². The van der Waals surface area contributed by atoms with Gasteiger partial charge in [-0.2, -0.15) is 0 Å². The lowest BCUT2D eigenvalue weighted by atomic mass is 9.77. The molecule has 1 saturated heterocycles. The van der Waals surface area contributed by atoms with Crippen molar-refractivity contribution in [2.45, 2.75) is 71.8 Å². The zero-order chi connectivity index (χ0) is 19.8. The second-order valence-corrected chi connectivity index (χ2v) is 13.8. The largest absolute Gasteiger partial charge is 0.403 e. The quantitative estimate of drug-likeness (QED) is 0.664. The standard InChI is InChI=1S/C24H35NOSi/c1-17-11-18(2)14-21(13-17)24(26-27(5,6)7,23-9-8-10-25-23)22-15-19(3)12-20(4)16-22/h11-16,23,25H,8-10H2,1-7H3/t23-/m1/s1. The fourth-order valence-electron chi connectivity index (χ4n) is 4.65. The van der Waals surface area contributed by atoms with Crippen molar-refractivity contribution >= 4 is 8.32 Å². The van der Waals surface area contributed by atoms with Crippen LogP contribution in [0.25, 0.3) is 0 Å². The van der Waals surface area contributed by atoms with Crippen LogP contribution >= 0.6 is 0 Å². The first-order valence-corrected chi connectivity index (χ1v) is 13.6. The van der Waals surface area contributed by atoms with Gasteiger partial charge in [0.2, 0.25) is 0 Å². The Bertz CT molecular complexity index is 724. The number of benzene rings is 2. The molecule has 0 aromatic heterocycles. The van der Waals surface area contributed by atoms with Crippen molar-refractivity contribution in [2.75, 3.05) is 6.54 Å². The summed E-state index contributed by atoms with van der Waals surface area (Å²) in [6.07, 6.45) is 2.35. The van der Waals surface area contributed by atoms with Crippen molar-refractivity contribution in [1.82, 2.24) is 5.32 Å². The van der Waals surface area contributed by atoms with Gasteiger partial charge >= 0.3 is 0 Å². The summed E-state index contributed by atoms with van der Waals surface area (Å²) in [4.78, 5) is 0. The predicted octanol–water partition coefficient (Wildman–Crippen LogP) is 5.77. The molecule has 0 saturated carbocycles. The van der Waals surface area contributed by atoms with Crippen molar-refractivity contribution in [1.29, 1.82) is 0 Å². The average Bonchev–Trinajstić information content (AvgIpc) is 3.04. The van der Waals surface area contributed by atoms with E-state index < -0.39 is 13.9 Å². The van der Waals surface area contributed by atoms with Crippen LogP contribution in [0.5, 0.6) is 0 Å².